The Morgan fingerprint density at radius 1 is 1.25 bits per heavy atom. The quantitative estimate of drug-likeness (QED) is 0.800. The van der Waals surface area contributed by atoms with E-state index in [4.69, 9.17) is 0 Å². The molecule has 0 bridgehead atoms. The fourth-order valence-corrected chi connectivity index (χ4v) is 2.17. The van der Waals surface area contributed by atoms with E-state index < -0.39 is 0 Å². The number of benzene rings is 1. The minimum absolute atomic E-state index is 0.464. The largest absolute Gasteiger partial charge is 0.359 e. The molecule has 0 spiro atoms. The van der Waals surface area contributed by atoms with Crippen LogP contribution in [-0.4, -0.2) is 23.4 Å². The van der Waals surface area contributed by atoms with Crippen LogP contribution in [0.25, 0.3) is 10.9 Å². The molecule has 1 aromatic carbocycles. The highest BCUT2D eigenvalue weighted by atomic mass is 79.9. The molecule has 2 rings (SSSR count). The van der Waals surface area contributed by atoms with Crippen LogP contribution in [0.5, 0.6) is 0 Å². The summed E-state index contributed by atoms with van der Waals surface area (Å²) in [4.78, 5) is 7.26. The highest BCUT2D eigenvalue weighted by Crippen LogP contribution is 2.17. The molecule has 0 amide bonds. The third kappa shape index (κ3) is 2.53. The Morgan fingerprint density at radius 3 is 2.75 bits per heavy atom. The maximum Gasteiger partial charge on any atom is 0.129 e. The van der Waals surface area contributed by atoms with Crippen LogP contribution in [0.4, 0.5) is 5.82 Å². The van der Waals surface area contributed by atoms with Gasteiger partial charge in [0.15, 0.2) is 0 Å². The smallest absolute Gasteiger partial charge is 0.129 e. The van der Waals surface area contributed by atoms with Crippen LogP contribution in [0.15, 0.2) is 36.4 Å². The third-order valence-electron chi connectivity index (χ3n) is 2.50. The van der Waals surface area contributed by atoms with Gasteiger partial charge in [0.2, 0.25) is 0 Å². The van der Waals surface area contributed by atoms with Crippen molar-refractivity contribution < 1.29 is 0 Å². The van der Waals surface area contributed by atoms with Crippen molar-refractivity contribution in [3.05, 3.63) is 36.4 Å². The van der Waals surface area contributed by atoms with Gasteiger partial charge in [-0.2, -0.15) is 0 Å². The number of anilines is 1. The molecule has 84 valence electrons. The maximum absolute atomic E-state index is 4.63. The van der Waals surface area contributed by atoms with E-state index in [2.05, 4.69) is 58.0 Å². The first-order valence-electron chi connectivity index (χ1n) is 5.38. The lowest BCUT2D eigenvalue weighted by molar-refractivity contribution is 0.864. The third-order valence-corrected chi connectivity index (χ3v) is 2.79. The zero-order chi connectivity index (χ0) is 11.5. The van der Waals surface area contributed by atoms with Crippen molar-refractivity contribution in [1.29, 1.82) is 0 Å². The zero-order valence-electron chi connectivity index (χ0n) is 9.52. The summed E-state index contributed by atoms with van der Waals surface area (Å²) in [7, 11) is 2.06. The maximum atomic E-state index is 4.63. The summed E-state index contributed by atoms with van der Waals surface area (Å²) < 4.78 is 0. The summed E-state index contributed by atoms with van der Waals surface area (Å²) in [5.74, 6) is 1.02. The molecule has 0 N–H and O–H groups in total. The molecule has 1 heterocycles. The fourth-order valence-electron chi connectivity index (χ4n) is 1.74. The van der Waals surface area contributed by atoms with Gasteiger partial charge in [-0.15, -0.1) is 0 Å². The lowest BCUT2D eigenvalue weighted by Gasteiger charge is -2.19. The highest BCUT2D eigenvalue weighted by Gasteiger charge is 2.05. The van der Waals surface area contributed by atoms with E-state index in [0.29, 0.717) is 4.83 Å². The molecule has 3 heteroatoms. The topological polar surface area (TPSA) is 16.1 Å². The molecule has 0 fully saturated rings. The first-order valence-corrected chi connectivity index (χ1v) is 6.29. The van der Waals surface area contributed by atoms with Crippen molar-refractivity contribution in [2.45, 2.75) is 11.8 Å². The molecular formula is C13H15BrN2. The van der Waals surface area contributed by atoms with Crippen LogP contribution in [0.1, 0.15) is 6.92 Å². The van der Waals surface area contributed by atoms with E-state index in [0.717, 1.165) is 17.9 Å². The molecule has 0 radical (unpaired) electrons. The van der Waals surface area contributed by atoms with Crippen molar-refractivity contribution >= 4 is 32.7 Å². The molecule has 2 aromatic rings. The van der Waals surface area contributed by atoms with E-state index in [-0.39, 0.29) is 0 Å². The van der Waals surface area contributed by atoms with Gasteiger partial charge >= 0.3 is 0 Å². The van der Waals surface area contributed by atoms with Gasteiger partial charge in [0.25, 0.3) is 0 Å². The standard InChI is InChI=1S/C13H15BrN2/c1-10(14)9-16(2)13-8-7-11-5-3-4-6-12(11)15-13/h3-8,10H,9H2,1-2H3. The Bertz CT molecular complexity index is 482. The van der Waals surface area contributed by atoms with Crippen molar-refractivity contribution in [2.75, 3.05) is 18.5 Å². The van der Waals surface area contributed by atoms with E-state index in [9.17, 15) is 0 Å². The molecule has 1 atom stereocenters. The van der Waals surface area contributed by atoms with Crippen LogP contribution >= 0.6 is 15.9 Å². The fraction of sp³-hybridized carbons (Fsp3) is 0.308. The number of hydrogen-bond acceptors (Lipinski definition) is 2. The predicted molar refractivity (Wildman–Crippen MR) is 73.4 cm³/mol. The molecule has 0 aliphatic heterocycles. The van der Waals surface area contributed by atoms with Gasteiger partial charge in [-0.25, -0.2) is 4.98 Å². The number of halogens is 1. The number of hydrogen-bond donors (Lipinski definition) is 0. The Balaban J connectivity index is 2.32. The molecule has 0 aliphatic rings. The Morgan fingerprint density at radius 2 is 2.00 bits per heavy atom. The number of alkyl halides is 1. The Kier molecular flexibility index (Phi) is 3.44. The lowest BCUT2D eigenvalue weighted by atomic mass is 10.2. The van der Waals surface area contributed by atoms with Gasteiger partial charge in [0.05, 0.1) is 5.52 Å². The van der Waals surface area contributed by atoms with Crippen LogP contribution in [0.3, 0.4) is 0 Å². The summed E-state index contributed by atoms with van der Waals surface area (Å²) >= 11 is 3.55. The number of rotatable bonds is 3. The van der Waals surface area contributed by atoms with E-state index in [1.54, 1.807) is 0 Å². The van der Waals surface area contributed by atoms with Crippen LogP contribution in [0, 0.1) is 0 Å². The van der Waals surface area contributed by atoms with Gasteiger partial charge in [-0.05, 0) is 18.2 Å². The summed E-state index contributed by atoms with van der Waals surface area (Å²) in [6.07, 6.45) is 0. The molecule has 1 unspecified atom stereocenters. The van der Waals surface area contributed by atoms with Gasteiger partial charge in [0.1, 0.15) is 5.82 Å². The van der Waals surface area contributed by atoms with Crippen LogP contribution < -0.4 is 4.90 Å². The number of pyridine rings is 1. The molecular weight excluding hydrogens is 264 g/mol. The molecule has 0 saturated carbocycles. The minimum atomic E-state index is 0.464. The summed E-state index contributed by atoms with van der Waals surface area (Å²) in [5, 5.41) is 1.19. The zero-order valence-corrected chi connectivity index (χ0v) is 11.1. The van der Waals surface area contributed by atoms with Crippen molar-refractivity contribution in [3.8, 4) is 0 Å². The average molecular weight is 279 g/mol. The normalized spacial score (nSPS) is 12.7. The van der Waals surface area contributed by atoms with E-state index >= 15 is 0 Å². The second-order valence-corrected chi connectivity index (χ2v) is 5.59. The number of para-hydroxylation sites is 1. The second-order valence-electron chi connectivity index (χ2n) is 4.02. The summed E-state index contributed by atoms with van der Waals surface area (Å²) in [5.41, 5.74) is 1.05. The first kappa shape index (κ1) is 11.4. The van der Waals surface area contributed by atoms with Crippen LogP contribution in [0.2, 0.25) is 0 Å². The lowest BCUT2D eigenvalue weighted by Crippen LogP contribution is -2.24. The average Bonchev–Trinajstić information content (AvgIpc) is 2.27. The highest BCUT2D eigenvalue weighted by molar-refractivity contribution is 9.09. The molecule has 0 aliphatic carbocycles. The summed E-state index contributed by atoms with van der Waals surface area (Å²) in [6, 6.07) is 12.4. The monoisotopic (exact) mass is 278 g/mol. The Hall–Kier alpha value is -1.09. The van der Waals surface area contributed by atoms with Crippen LogP contribution in [-0.2, 0) is 0 Å². The molecule has 1 aromatic heterocycles. The minimum Gasteiger partial charge on any atom is -0.359 e. The van der Waals surface area contributed by atoms with Crippen molar-refractivity contribution in [2.24, 2.45) is 0 Å². The molecule has 2 nitrogen and oxygen atoms in total. The van der Waals surface area contributed by atoms with E-state index in [1.807, 2.05) is 18.2 Å². The van der Waals surface area contributed by atoms with Crippen molar-refractivity contribution in [3.63, 3.8) is 0 Å². The summed E-state index contributed by atoms with van der Waals surface area (Å²) in [6.45, 7) is 3.09. The molecule has 0 saturated heterocycles. The SMILES string of the molecule is CC(Br)CN(C)c1ccc2ccccc2n1. The van der Waals surface area contributed by atoms with Gasteiger partial charge in [-0.3, -0.25) is 0 Å². The first-order chi connectivity index (χ1) is 7.66. The van der Waals surface area contributed by atoms with E-state index in [1.165, 1.54) is 5.39 Å². The van der Waals surface area contributed by atoms with Crippen molar-refractivity contribution in [1.82, 2.24) is 4.98 Å². The van der Waals surface area contributed by atoms with Gasteiger partial charge in [-0.1, -0.05) is 41.1 Å². The van der Waals surface area contributed by atoms with Gasteiger partial charge in [0, 0.05) is 23.8 Å². The Labute approximate surface area is 104 Å². The number of aromatic nitrogens is 1. The predicted octanol–water partition coefficient (Wildman–Crippen LogP) is 3.45. The second kappa shape index (κ2) is 4.83. The van der Waals surface area contributed by atoms with Gasteiger partial charge < -0.3 is 4.90 Å². The number of nitrogens with zero attached hydrogens (tertiary/aromatic N) is 2. The number of fused-ring (bicyclic) bond motifs is 1. The molecule has 16 heavy (non-hydrogen) atoms.